The number of hydrogen-bond donors (Lipinski definition) is 1. The second-order valence-electron chi connectivity index (χ2n) is 5.80. The quantitative estimate of drug-likeness (QED) is 0.838. The smallest absolute Gasteiger partial charge is 0.322 e. The lowest BCUT2D eigenvalue weighted by Crippen LogP contribution is -2.46. The Morgan fingerprint density at radius 2 is 2.00 bits per heavy atom. The van der Waals surface area contributed by atoms with Crippen LogP contribution in [0.5, 0.6) is 0 Å². The third kappa shape index (κ3) is 4.72. The molecule has 0 spiro atoms. The fourth-order valence-electron chi connectivity index (χ4n) is 2.86. The molecule has 3 rings (SSSR count). The van der Waals surface area contributed by atoms with Gasteiger partial charge in [-0.3, -0.25) is 0 Å². The van der Waals surface area contributed by atoms with E-state index < -0.39 is 0 Å². The lowest BCUT2D eigenvalue weighted by molar-refractivity contribution is 0.0484. The molecular formula is C18H21ClN2O2S. The molecule has 1 aliphatic rings. The van der Waals surface area contributed by atoms with Crippen molar-refractivity contribution in [2.24, 2.45) is 0 Å². The number of rotatable bonds is 5. The van der Waals surface area contributed by atoms with Crippen LogP contribution in [0, 0.1) is 0 Å². The van der Waals surface area contributed by atoms with Gasteiger partial charge in [-0.05, 0) is 55.0 Å². The van der Waals surface area contributed by atoms with Crippen molar-refractivity contribution in [1.82, 2.24) is 4.90 Å². The van der Waals surface area contributed by atoms with Gasteiger partial charge in [0.25, 0.3) is 0 Å². The molecule has 0 aliphatic carbocycles. The van der Waals surface area contributed by atoms with E-state index in [9.17, 15) is 4.79 Å². The van der Waals surface area contributed by atoms with Crippen molar-refractivity contribution >= 4 is 34.7 Å². The van der Waals surface area contributed by atoms with Gasteiger partial charge in [0.2, 0.25) is 0 Å². The predicted octanol–water partition coefficient (Wildman–Crippen LogP) is 4.66. The normalized spacial score (nSPS) is 15.2. The molecule has 0 bridgehead atoms. The van der Waals surface area contributed by atoms with Crippen molar-refractivity contribution in [1.29, 1.82) is 0 Å². The summed E-state index contributed by atoms with van der Waals surface area (Å²) in [5.41, 5.74) is 0.762. The molecule has 1 aromatic carbocycles. The average molecular weight is 365 g/mol. The Balaban J connectivity index is 1.67. The van der Waals surface area contributed by atoms with Crippen LogP contribution in [-0.2, 0) is 11.2 Å². The van der Waals surface area contributed by atoms with Crippen LogP contribution in [-0.4, -0.2) is 36.7 Å². The minimum atomic E-state index is -0.0548. The molecule has 1 saturated heterocycles. The highest BCUT2D eigenvalue weighted by atomic mass is 35.5. The molecule has 1 aliphatic heterocycles. The Hall–Kier alpha value is -1.56. The Kier molecular flexibility index (Phi) is 6.12. The zero-order valence-corrected chi connectivity index (χ0v) is 15.0. The summed E-state index contributed by atoms with van der Waals surface area (Å²) in [7, 11) is 0. The van der Waals surface area contributed by atoms with Crippen molar-refractivity contribution in [3.63, 3.8) is 0 Å². The number of anilines is 1. The first kappa shape index (κ1) is 17.3. The van der Waals surface area contributed by atoms with E-state index in [1.807, 2.05) is 23.1 Å². The SMILES string of the molecule is O=C(Nc1ccc(Cl)cc1)N(CCc1cccs1)C1CCOCC1. The number of carbonyl (C=O) groups excluding carboxylic acids is 1. The summed E-state index contributed by atoms with van der Waals surface area (Å²) in [4.78, 5) is 16.1. The maximum absolute atomic E-state index is 12.8. The molecule has 0 saturated carbocycles. The average Bonchev–Trinajstić information content (AvgIpc) is 3.12. The number of ether oxygens (including phenoxy) is 1. The Morgan fingerprint density at radius 3 is 2.67 bits per heavy atom. The van der Waals surface area contributed by atoms with Crippen molar-refractivity contribution in [3.8, 4) is 0 Å². The van der Waals surface area contributed by atoms with Crippen LogP contribution in [0.25, 0.3) is 0 Å². The van der Waals surface area contributed by atoms with Crippen LogP contribution < -0.4 is 5.32 Å². The first-order valence-electron chi connectivity index (χ1n) is 8.16. The van der Waals surface area contributed by atoms with E-state index in [0.29, 0.717) is 24.8 Å². The lowest BCUT2D eigenvalue weighted by atomic mass is 10.1. The molecule has 0 atom stereocenters. The number of amides is 2. The van der Waals surface area contributed by atoms with E-state index in [1.165, 1.54) is 4.88 Å². The topological polar surface area (TPSA) is 41.6 Å². The van der Waals surface area contributed by atoms with Gasteiger partial charge in [0, 0.05) is 41.4 Å². The Bertz CT molecular complexity index is 640. The van der Waals surface area contributed by atoms with Crippen LogP contribution >= 0.6 is 22.9 Å². The molecule has 2 aromatic rings. The van der Waals surface area contributed by atoms with Crippen molar-refractivity contribution in [2.45, 2.75) is 25.3 Å². The summed E-state index contributed by atoms with van der Waals surface area (Å²) >= 11 is 7.63. The van der Waals surface area contributed by atoms with Crippen LogP contribution in [0.4, 0.5) is 10.5 Å². The number of carbonyl (C=O) groups is 1. The summed E-state index contributed by atoms with van der Waals surface area (Å²) in [5, 5.41) is 5.72. The minimum Gasteiger partial charge on any atom is -0.381 e. The van der Waals surface area contributed by atoms with Gasteiger partial charge in [-0.1, -0.05) is 17.7 Å². The maximum Gasteiger partial charge on any atom is 0.322 e. The second kappa shape index (κ2) is 8.51. The highest BCUT2D eigenvalue weighted by Crippen LogP contribution is 2.19. The van der Waals surface area contributed by atoms with E-state index in [-0.39, 0.29) is 12.1 Å². The number of nitrogens with one attached hydrogen (secondary N) is 1. The summed E-state index contributed by atoms with van der Waals surface area (Å²) < 4.78 is 5.44. The minimum absolute atomic E-state index is 0.0548. The third-order valence-electron chi connectivity index (χ3n) is 4.17. The lowest BCUT2D eigenvalue weighted by Gasteiger charge is -2.34. The Morgan fingerprint density at radius 1 is 1.25 bits per heavy atom. The molecule has 2 heterocycles. The van der Waals surface area contributed by atoms with E-state index in [2.05, 4.69) is 16.8 Å². The molecule has 1 N–H and O–H groups in total. The first-order valence-corrected chi connectivity index (χ1v) is 9.41. The Labute approximate surface area is 151 Å². The predicted molar refractivity (Wildman–Crippen MR) is 99.0 cm³/mol. The molecular weight excluding hydrogens is 344 g/mol. The van der Waals surface area contributed by atoms with E-state index in [4.69, 9.17) is 16.3 Å². The molecule has 0 unspecified atom stereocenters. The fraction of sp³-hybridized carbons (Fsp3) is 0.389. The number of nitrogens with zero attached hydrogens (tertiary/aromatic N) is 1. The summed E-state index contributed by atoms with van der Waals surface area (Å²) in [5.74, 6) is 0. The molecule has 1 fully saturated rings. The van der Waals surface area contributed by atoms with E-state index in [1.54, 1.807) is 23.5 Å². The summed E-state index contributed by atoms with van der Waals surface area (Å²) in [6, 6.07) is 11.5. The van der Waals surface area contributed by atoms with Gasteiger partial charge >= 0.3 is 6.03 Å². The van der Waals surface area contributed by atoms with Gasteiger partial charge in [-0.2, -0.15) is 0 Å². The molecule has 6 heteroatoms. The highest BCUT2D eigenvalue weighted by Gasteiger charge is 2.25. The van der Waals surface area contributed by atoms with Gasteiger partial charge in [0.1, 0.15) is 0 Å². The number of benzene rings is 1. The van der Waals surface area contributed by atoms with E-state index >= 15 is 0 Å². The van der Waals surface area contributed by atoms with E-state index in [0.717, 1.165) is 24.9 Å². The van der Waals surface area contributed by atoms with Crippen LogP contribution in [0.15, 0.2) is 41.8 Å². The summed E-state index contributed by atoms with van der Waals surface area (Å²) in [6.45, 7) is 2.15. The second-order valence-corrected chi connectivity index (χ2v) is 7.27. The van der Waals surface area contributed by atoms with Crippen LogP contribution in [0.1, 0.15) is 17.7 Å². The summed E-state index contributed by atoms with van der Waals surface area (Å²) in [6.07, 6.45) is 2.65. The molecule has 4 nitrogen and oxygen atoms in total. The maximum atomic E-state index is 12.8. The van der Waals surface area contributed by atoms with Crippen molar-refractivity contribution in [2.75, 3.05) is 25.1 Å². The van der Waals surface area contributed by atoms with Crippen LogP contribution in [0.2, 0.25) is 5.02 Å². The molecule has 1 aromatic heterocycles. The van der Waals surface area contributed by atoms with Gasteiger partial charge in [-0.15, -0.1) is 11.3 Å². The van der Waals surface area contributed by atoms with Crippen LogP contribution in [0.3, 0.4) is 0 Å². The standard InChI is InChI=1S/C18H21ClN2O2S/c19-14-3-5-15(6-4-14)20-18(22)21(16-8-11-23-12-9-16)10-7-17-2-1-13-24-17/h1-6,13,16H,7-12H2,(H,20,22). The highest BCUT2D eigenvalue weighted by molar-refractivity contribution is 7.09. The number of thiophene rings is 1. The largest absolute Gasteiger partial charge is 0.381 e. The van der Waals surface area contributed by atoms with Gasteiger partial charge in [-0.25, -0.2) is 4.79 Å². The monoisotopic (exact) mass is 364 g/mol. The number of hydrogen-bond acceptors (Lipinski definition) is 3. The fourth-order valence-corrected chi connectivity index (χ4v) is 3.68. The molecule has 0 radical (unpaired) electrons. The number of halogens is 1. The van der Waals surface area contributed by atoms with Gasteiger partial charge < -0.3 is 15.0 Å². The van der Waals surface area contributed by atoms with Crippen molar-refractivity contribution in [3.05, 3.63) is 51.7 Å². The zero-order valence-electron chi connectivity index (χ0n) is 13.4. The molecule has 24 heavy (non-hydrogen) atoms. The van der Waals surface area contributed by atoms with Gasteiger partial charge in [0.05, 0.1) is 0 Å². The van der Waals surface area contributed by atoms with Crippen molar-refractivity contribution < 1.29 is 9.53 Å². The molecule has 128 valence electrons. The van der Waals surface area contributed by atoms with Gasteiger partial charge in [0.15, 0.2) is 0 Å². The zero-order chi connectivity index (χ0) is 16.8. The number of urea groups is 1. The first-order chi connectivity index (χ1) is 11.7. The third-order valence-corrected chi connectivity index (χ3v) is 5.36. The molecule has 2 amide bonds.